The van der Waals surface area contributed by atoms with E-state index < -0.39 is 24.2 Å². The summed E-state index contributed by atoms with van der Waals surface area (Å²) in [6.45, 7) is 4.20. The van der Waals surface area contributed by atoms with Gasteiger partial charge in [-0.05, 0) is 12.8 Å². The van der Waals surface area contributed by atoms with Crippen molar-refractivity contribution in [1.82, 2.24) is 5.32 Å². The van der Waals surface area contributed by atoms with Crippen LogP contribution < -0.4 is 5.32 Å². The first-order valence-corrected chi connectivity index (χ1v) is 17.8. The summed E-state index contributed by atoms with van der Waals surface area (Å²) in [6, 6.07) is -0.702. The number of rotatable bonds is 32. The zero-order chi connectivity index (χ0) is 29.5. The fourth-order valence-corrected chi connectivity index (χ4v) is 5.60. The fourth-order valence-electron chi connectivity index (χ4n) is 5.60. The highest BCUT2D eigenvalue weighted by atomic mass is 16.3. The Morgan fingerprint density at radius 3 is 1.12 bits per heavy atom. The van der Waals surface area contributed by atoms with Gasteiger partial charge in [-0.2, -0.15) is 0 Å². The first-order valence-electron chi connectivity index (χ1n) is 17.8. The highest BCUT2D eigenvalue weighted by molar-refractivity contribution is 5.80. The van der Waals surface area contributed by atoms with E-state index in [2.05, 4.69) is 19.2 Å². The second-order valence-electron chi connectivity index (χ2n) is 12.4. The number of hydrogen-bond donors (Lipinski definition) is 4. The molecule has 0 aromatic rings. The van der Waals surface area contributed by atoms with Gasteiger partial charge in [0.05, 0.1) is 18.8 Å². The molecule has 0 aliphatic heterocycles. The van der Waals surface area contributed by atoms with Crippen molar-refractivity contribution in [2.24, 2.45) is 0 Å². The Hall–Kier alpha value is -0.650. The fraction of sp³-hybridized carbons (Fsp3) is 0.971. The van der Waals surface area contributed by atoms with Crippen LogP contribution in [0.25, 0.3) is 0 Å². The molecule has 40 heavy (non-hydrogen) atoms. The molecule has 0 aromatic heterocycles. The highest BCUT2D eigenvalue weighted by Crippen LogP contribution is 2.15. The lowest BCUT2D eigenvalue weighted by Crippen LogP contribution is -2.49. The number of nitrogens with one attached hydrogen (secondary N) is 1. The summed E-state index contributed by atoms with van der Waals surface area (Å²) in [4.78, 5) is 12.4. The van der Waals surface area contributed by atoms with Crippen molar-refractivity contribution in [1.29, 1.82) is 0 Å². The number of carbonyl (C=O) groups is 1. The minimum atomic E-state index is -1.06. The van der Waals surface area contributed by atoms with E-state index in [1.807, 2.05) is 0 Å². The molecule has 0 bridgehead atoms. The normalized spacial score (nSPS) is 13.8. The molecule has 0 aliphatic rings. The molecule has 0 radical (unpaired) electrons. The number of aliphatic hydroxyl groups is 3. The van der Waals surface area contributed by atoms with Crippen LogP contribution >= 0.6 is 0 Å². The maximum Gasteiger partial charge on any atom is 0.249 e. The molecule has 0 heterocycles. The maximum atomic E-state index is 12.4. The van der Waals surface area contributed by atoms with Crippen LogP contribution in [0.15, 0.2) is 0 Å². The van der Waals surface area contributed by atoms with Gasteiger partial charge in [-0.25, -0.2) is 0 Å². The van der Waals surface area contributed by atoms with Gasteiger partial charge < -0.3 is 20.6 Å². The van der Waals surface area contributed by atoms with Gasteiger partial charge in [0.15, 0.2) is 0 Å². The van der Waals surface area contributed by atoms with Crippen LogP contribution in [0.5, 0.6) is 0 Å². The zero-order valence-electron chi connectivity index (χ0n) is 27.0. The Kier molecular flexibility index (Phi) is 30.8. The Balaban J connectivity index is 3.65. The molecule has 1 amide bonds. The molecule has 3 atom stereocenters. The molecule has 0 fully saturated rings. The van der Waals surface area contributed by atoms with Crippen molar-refractivity contribution in [2.45, 2.75) is 212 Å². The topological polar surface area (TPSA) is 89.8 Å². The van der Waals surface area contributed by atoms with Gasteiger partial charge in [0.1, 0.15) is 6.10 Å². The van der Waals surface area contributed by atoms with E-state index in [-0.39, 0.29) is 6.61 Å². The molecule has 3 unspecified atom stereocenters. The summed E-state index contributed by atoms with van der Waals surface area (Å²) in [5.41, 5.74) is 0. The lowest BCUT2D eigenvalue weighted by molar-refractivity contribution is -0.131. The molecule has 240 valence electrons. The van der Waals surface area contributed by atoms with Gasteiger partial charge >= 0.3 is 0 Å². The monoisotopic (exact) mass is 570 g/mol. The molecule has 0 aliphatic carbocycles. The SMILES string of the molecule is CCCCCCCCCCCCCCCCCCC(O)C(=O)NC(CO)C(O)CCCCCCCCCCCC. The van der Waals surface area contributed by atoms with Crippen molar-refractivity contribution in [3.8, 4) is 0 Å². The lowest BCUT2D eigenvalue weighted by Gasteiger charge is -2.23. The molecule has 5 nitrogen and oxygen atoms in total. The molecular formula is C35H71NO4. The minimum absolute atomic E-state index is 0.309. The number of carbonyl (C=O) groups excluding carboxylic acids is 1. The van der Waals surface area contributed by atoms with Crippen molar-refractivity contribution >= 4 is 5.91 Å². The van der Waals surface area contributed by atoms with E-state index in [0.29, 0.717) is 12.8 Å². The maximum absolute atomic E-state index is 12.4. The predicted molar refractivity (Wildman–Crippen MR) is 172 cm³/mol. The molecule has 0 spiro atoms. The average molecular weight is 570 g/mol. The van der Waals surface area contributed by atoms with Gasteiger partial charge in [0.25, 0.3) is 0 Å². The van der Waals surface area contributed by atoms with E-state index in [1.165, 1.54) is 135 Å². The van der Waals surface area contributed by atoms with Crippen LogP contribution in [0.1, 0.15) is 194 Å². The van der Waals surface area contributed by atoms with Crippen LogP contribution in [0, 0.1) is 0 Å². The molecule has 4 N–H and O–H groups in total. The number of hydrogen-bond acceptors (Lipinski definition) is 4. The molecular weight excluding hydrogens is 498 g/mol. The van der Waals surface area contributed by atoms with Gasteiger partial charge in [-0.1, -0.05) is 181 Å². The van der Waals surface area contributed by atoms with E-state index in [4.69, 9.17) is 0 Å². The van der Waals surface area contributed by atoms with Crippen molar-refractivity contribution < 1.29 is 20.1 Å². The molecule has 0 aromatic carbocycles. The summed E-state index contributed by atoms with van der Waals surface area (Å²) < 4.78 is 0. The summed E-state index contributed by atoms with van der Waals surface area (Å²) in [7, 11) is 0. The summed E-state index contributed by atoms with van der Waals surface area (Å²) in [6.07, 6.45) is 32.3. The predicted octanol–water partition coefficient (Wildman–Crippen LogP) is 9.15. The van der Waals surface area contributed by atoms with Crippen LogP contribution in [-0.4, -0.2) is 46.1 Å². The number of amides is 1. The molecule has 0 saturated carbocycles. The van der Waals surface area contributed by atoms with Crippen molar-refractivity contribution in [3.63, 3.8) is 0 Å². The Morgan fingerprint density at radius 1 is 0.500 bits per heavy atom. The van der Waals surface area contributed by atoms with E-state index >= 15 is 0 Å². The van der Waals surface area contributed by atoms with Gasteiger partial charge in [-0.15, -0.1) is 0 Å². The molecule has 0 saturated heterocycles. The third-order valence-corrected chi connectivity index (χ3v) is 8.48. The van der Waals surface area contributed by atoms with E-state index in [1.54, 1.807) is 0 Å². The summed E-state index contributed by atoms with van der Waals surface area (Å²) in [5.74, 6) is -0.470. The van der Waals surface area contributed by atoms with Crippen LogP contribution in [0.3, 0.4) is 0 Å². The summed E-state index contributed by atoms with van der Waals surface area (Å²) >= 11 is 0. The second-order valence-corrected chi connectivity index (χ2v) is 12.4. The number of unbranched alkanes of at least 4 members (excludes halogenated alkanes) is 24. The quantitative estimate of drug-likeness (QED) is 0.0608. The third kappa shape index (κ3) is 26.3. The van der Waals surface area contributed by atoms with Gasteiger partial charge in [0, 0.05) is 0 Å². The second kappa shape index (κ2) is 31.3. The van der Waals surface area contributed by atoms with Crippen LogP contribution in [-0.2, 0) is 4.79 Å². The van der Waals surface area contributed by atoms with Crippen molar-refractivity contribution in [2.75, 3.05) is 6.61 Å². The number of aliphatic hydroxyl groups excluding tert-OH is 3. The smallest absolute Gasteiger partial charge is 0.249 e. The van der Waals surface area contributed by atoms with Crippen LogP contribution in [0.2, 0.25) is 0 Å². The standard InChI is InChI=1S/C35H71NO4/c1-3-5-7-9-11-13-15-16-17-18-19-20-22-24-26-28-30-34(39)35(40)36-32(31-37)33(38)29-27-25-23-21-14-12-10-8-6-4-2/h32-34,37-39H,3-31H2,1-2H3,(H,36,40). The minimum Gasteiger partial charge on any atom is -0.394 e. The van der Waals surface area contributed by atoms with Gasteiger partial charge in [0.2, 0.25) is 5.91 Å². The third-order valence-electron chi connectivity index (χ3n) is 8.48. The van der Waals surface area contributed by atoms with E-state index in [9.17, 15) is 20.1 Å². The van der Waals surface area contributed by atoms with E-state index in [0.717, 1.165) is 32.1 Å². The zero-order valence-corrected chi connectivity index (χ0v) is 27.0. The van der Waals surface area contributed by atoms with Crippen molar-refractivity contribution in [3.05, 3.63) is 0 Å². The first kappa shape index (κ1) is 39.4. The van der Waals surface area contributed by atoms with Crippen LogP contribution in [0.4, 0.5) is 0 Å². The lowest BCUT2D eigenvalue weighted by atomic mass is 10.0. The largest absolute Gasteiger partial charge is 0.394 e. The summed E-state index contributed by atoms with van der Waals surface area (Å²) in [5, 5.41) is 33.0. The van der Waals surface area contributed by atoms with Gasteiger partial charge in [-0.3, -0.25) is 4.79 Å². The Morgan fingerprint density at radius 2 is 0.800 bits per heavy atom. The molecule has 0 rings (SSSR count). The first-order chi connectivity index (χ1) is 19.6. The Bertz CT molecular complexity index is 516. The molecule has 5 heteroatoms. The average Bonchev–Trinajstić information content (AvgIpc) is 2.96. The highest BCUT2D eigenvalue weighted by Gasteiger charge is 2.23. The Labute approximate surface area is 249 Å².